The Bertz CT molecular complexity index is 746. The first-order valence-corrected chi connectivity index (χ1v) is 9.23. The smallest absolute Gasteiger partial charge is 0.128 e. The Kier molecular flexibility index (Phi) is 8.21. The zero-order valence-corrected chi connectivity index (χ0v) is 15.3. The number of nitrogens with zero attached hydrogens (tertiary/aromatic N) is 2. The summed E-state index contributed by atoms with van der Waals surface area (Å²) in [5.74, 6) is 0.814. The second-order valence-corrected chi connectivity index (χ2v) is 6.25. The van der Waals surface area contributed by atoms with Crippen molar-refractivity contribution in [3.63, 3.8) is 0 Å². The standard InChI is InChI=1S/C22H26N2O2/c1-2-3-4-5-6-7-14-26-21-13-10-19(22(25)15-21)17-24-20-11-8-18(16-23)9-12-20/h8-13,15,17,25H,2-7,14H2,1H3. The van der Waals surface area contributed by atoms with Gasteiger partial charge in [0.25, 0.3) is 0 Å². The fraction of sp³-hybridized carbons (Fsp3) is 0.364. The molecule has 0 aliphatic rings. The predicted molar refractivity (Wildman–Crippen MR) is 105 cm³/mol. The number of nitriles is 1. The van der Waals surface area contributed by atoms with E-state index in [1.165, 1.54) is 32.1 Å². The Hall–Kier alpha value is -2.80. The molecule has 0 heterocycles. The highest BCUT2D eigenvalue weighted by molar-refractivity contribution is 5.85. The van der Waals surface area contributed by atoms with Gasteiger partial charge in [0.05, 0.1) is 23.9 Å². The first-order chi connectivity index (χ1) is 12.7. The highest BCUT2D eigenvalue weighted by Gasteiger charge is 2.02. The van der Waals surface area contributed by atoms with Crippen molar-refractivity contribution in [3.8, 4) is 17.6 Å². The molecule has 2 aromatic rings. The summed E-state index contributed by atoms with van der Waals surface area (Å²) >= 11 is 0. The van der Waals surface area contributed by atoms with Gasteiger partial charge in [0.1, 0.15) is 11.5 Å². The van der Waals surface area contributed by atoms with Crippen LogP contribution in [0.4, 0.5) is 5.69 Å². The van der Waals surface area contributed by atoms with E-state index in [0.717, 1.165) is 12.1 Å². The largest absolute Gasteiger partial charge is 0.507 e. The number of phenols is 1. The third-order valence-corrected chi connectivity index (χ3v) is 4.12. The lowest BCUT2D eigenvalue weighted by atomic mass is 10.1. The summed E-state index contributed by atoms with van der Waals surface area (Å²) < 4.78 is 5.70. The molecule has 2 rings (SSSR count). The maximum atomic E-state index is 10.1. The monoisotopic (exact) mass is 350 g/mol. The van der Waals surface area contributed by atoms with Crippen LogP contribution in [0.25, 0.3) is 0 Å². The molecule has 0 radical (unpaired) electrons. The molecule has 4 heteroatoms. The molecule has 0 aromatic heterocycles. The third-order valence-electron chi connectivity index (χ3n) is 4.12. The maximum Gasteiger partial charge on any atom is 0.128 e. The Morgan fingerprint density at radius 1 is 1.04 bits per heavy atom. The predicted octanol–water partition coefficient (Wildman–Crippen LogP) is 5.75. The van der Waals surface area contributed by atoms with Gasteiger partial charge in [-0.2, -0.15) is 5.26 Å². The van der Waals surface area contributed by atoms with Crippen molar-refractivity contribution in [2.24, 2.45) is 4.99 Å². The average Bonchev–Trinajstić information content (AvgIpc) is 2.67. The van der Waals surface area contributed by atoms with Gasteiger partial charge in [-0.3, -0.25) is 4.99 Å². The second kappa shape index (κ2) is 10.9. The number of unbranched alkanes of at least 4 members (excludes halogenated alkanes) is 5. The Morgan fingerprint density at radius 3 is 2.46 bits per heavy atom. The molecule has 0 aliphatic heterocycles. The second-order valence-electron chi connectivity index (χ2n) is 6.25. The molecule has 0 aliphatic carbocycles. The number of ether oxygens (including phenoxy) is 1. The number of hydrogen-bond donors (Lipinski definition) is 1. The van der Waals surface area contributed by atoms with Gasteiger partial charge in [-0.1, -0.05) is 39.0 Å². The molecule has 0 bridgehead atoms. The summed E-state index contributed by atoms with van der Waals surface area (Å²) in [6.45, 7) is 2.89. The van der Waals surface area contributed by atoms with Crippen molar-refractivity contribution in [1.82, 2.24) is 0 Å². The van der Waals surface area contributed by atoms with Crippen LogP contribution in [0.2, 0.25) is 0 Å². The van der Waals surface area contributed by atoms with Crippen molar-refractivity contribution in [1.29, 1.82) is 5.26 Å². The molecule has 0 spiro atoms. The molecule has 136 valence electrons. The molecular formula is C22H26N2O2. The van der Waals surface area contributed by atoms with Crippen LogP contribution in [0.5, 0.6) is 11.5 Å². The topological polar surface area (TPSA) is 65.6 Å². The zero-order valence-electron chi connectivity index (χ0n) is 15.3. The molecule has 26 heavy (non-hydrogen) atoms. The molecular weight excluding hydrogens is 324 g/mol. The van der Waals surface area contributed by atoms with Crippen LogP contribution in [-0.2, 0) is 0 Å². The summed E-state index contributed by atoms with van der Waals surface area (Å²) in [4.78, 5) is 4.32. The van der Waals surface area contributed by atoms with Crippen LogP contribution in [0.1, 0.15) is 56.6 Å². The summed E-state index contributed by atoms with van der Waals surface area (Å²) in [6.07, 6.45) is 8.94. The third kappa shape index (κ3) is 6.60. The van der Waals surface area contributed by atoms with Gasteiger partial charge >= 0.3 is 0 Å². The van der Waals surface area contributed by atoms with Crippen molar-refractivity contribution >= 4 is 11.9 Å². The lowest BCUT2D eigenvalue weighted by molar-refractivity contribution is 0.302. The van der Waals surface area contributed by atoms with Crippen molar-refractivity contribution in [3.05, 3.63) is 53.6 Å². The molecule has 0 amide bonds. The van der Waals surface area contributed by atoms with E-state index >= 15 is 0 Å². The summed E-state index contributed by atoms with van der Waals surface area (Å²) in [7, 11) is 0. The first-order valence-electron chi connectivity index (χ1n) is 9.23. The number of benzene rings is 2. The molecule has 1 N–H and O–H groups in total. The molecule has 0 fully saturated rings. The molecule has 4 nitrogen and oxygen atoms in total. The lowest BCUT2D eigenvalue weighted by Crippen LogP contribution is -1.97. The highest BCUT2D eigenvalue weighted by atomic mass is 16.5. The Morgan fingerprint density at radius 2 is 1.77 bits per heavy atom. The average molecular weight is 350 g/mol. The van der Waals surface area contributed by atoms with Gasteiger partial charge in [0.15, 0.2) is 0 Å². The number of aromatic hydroxyl groups is 1. The highest BCUT2D eigenvalue weighted by Crippen LogP contribution is 2.23. The number of phenolic OH excluding ortho intramolecular Hbond substituents is 1. The van der Waals surface area contributed by atoms with E-state index in [9.17, 15) is 5.11 Å². The molecule has 0 unspecified atom stereocenters. The van der Waals surface area contributed by atoms with Crippen LogP contribution in [-0.4, -0.2) is 17.9 Å². The van der Waals surface area contributed by atoms with E-state index in [1.807, 2.05) is 6.07 Å². The van der Waals surface area contributed by atoms with E-state index in [0.29, 0.717) is 23.5 Å². The Balaban J connectivity index is 1.82. The molecule has 0 atom stereocenters. The fourth-order valence-corrected chi connectivity index (χ4v) is 2.56. The first kappa shape index (κ1) is 19.5. The minimum Gasteiger partial charge on any atom is -0.507 e. The summed E-state index contributed by atoms with van der Waals surface area (Å²) in [6, 6.07) is 14.3. The van der Waals surface area contributed by atoms with E-state index in [2.05, 4.69) is 18.0 Å². The van der Waals surface area contributed by atoms with E-state index < -0.39 is 0 Å². The van der Waals surface area contributed by atoms with Gasteiger partial charge in [-0.05, 0) is 42.8 Å². The zero-order chi connectivity index (χ0) is 18.6. The van der Waals surface area contributed by atoms with Crippen LogP contribution >= 0.6 is 0 Å². The molecule has 2 aromatic carbocycles. The van der Waals surface area contributed by atoms with Gasteiger partial charge in [0, 0.05) is 17.8 Å². The number of rotatable bonds is 10. The van der Waals surface area contributed by atoms with Gasteiger partial charge in [0.2, 0.25) is 0 Å². The van der Waals surface area contributed by atoms with Gasteiger partial charge in [-0.15, -0.1) is 0 Å². The van der Waals surface area contributed by atoms with Crippen molar-refractivity contribution in [2.45, 2.75) is 45.4 Å². The number of hydrogen-bond acceptors (Lipinski definition) is 4. The lowest BCUT2D eigenvalue weighted by Gasteiger charge is -2.07. The minimum absolute atomic E-state index is 0.142. The normalized spacial score (nSPS) is 10.8. The van der Waals surface area contributed by atoms with E-state index in [1.54, 1.807) is 42.6 Å². The Labute approximate surface area is 155 Å². The van der Waals surface area contributed by atoms with E-state index in [-0.39, 0.29) is 5.75 Å². The van der Waals surface area contributed by atoms with Crippen molar-refractivity contribution in [2.75, 3.05) is 6.61 Å². The molecule has 0 saturated carbocycles. The number of aliphatic imine (C=N–C) groups is 1. The van der Waals surface area contributed by atoms with Crippen LogP contribution in [0, 0.1) is 11.3 Å². The molecule has 0 saturated heterocycles. The van der Waals surface area contributed by atoms with Crippen LogP contribution in [0.15, 0.2) is 47.5 Å². The minimum atomic E-state index is 0.142. The van der Waals surface area contributed by atoms with Gasteiger partial charge in [-0.25, -0.2) is 0 Å². The quantitative estimate of drug-likeness (QED) is 0.438. The summed E-state index contributed by atoms with van der Waals surface area (Å²) in [5.41, 5.74) is 1.95. The fourth-order valence-electron chi connectivity index (χ4n) is 2.56. The van der Waals surface area contributed by atoms with E-state index in [4.69, 9.17) is 10.00 Å². The van der Waals surface area contributed by atoms with Gasteiger partial charge < -0.3 is 9.84 Å². The summed E-state index contributed by atoms with van der Waals surface area (Å²) in [5, 5.41) is 18.9. The van der Waals surface area contributed by atoms with Crippen molar-refractivity contribution < 1.29 is 9.84 Å². The maximum absolute atomic E-state index is 10.1. The van der Waals surface area contributed by atoms with Crippen LogP contribution < -0.4 is 4.74 Å². The van der Waals surface area contributed by atoms with Crippen LogP contribution in [0.3, 0.4) is 0 Å². The SMILES string of the molecule is CCCCCCCCOc1ccc(C=Nc2ccc(C#N)cc2)c(O)c1.